The Bertz CT molecular complexity index is 568. The summed E-state index contributed by atoms with van der Waals surface area (Å²) in [6.07, 6.45) is -2.45. The number of hydrazone groups is 1. The Morgan fingerprint density at radius 3 is 2.82 bits per heavy atom. The van der Waals surface area contributed by atoms with Gasteiger partial charge in [-0.1, -0.05) is 25.1 Å². The normalized spacial score (nSPS) is 25.5. The van der Waals surface area contributed by atoms with E-state index >= 15 is 0 Å². The highest BCUT2D eigenvalue weighted by Gasteiger charge is 2.41. The second kappa shape index (κ2) is 5.91. The minimum absolute atomic E-state index is 0.0313. The zero-order chi connectivity index (χ0) is 15.7. The summed E-state index contributed by atoms with van der Waals surface area (Å²) in [6, 6.07) is 5.44. The summed E-state index contributed by atoms with van der Waals surface area (Å²) in [4.78, 5) is 2.32. The van der Waals surface area contributed by atoms with Gasteiger partial charge in [-0.25, -0.2) is 0 Å². The molecule has 0 amide bonds. The number of hydrogen-bond donors (Lipinski definition) is 1. The topological polar surface area (TPSA) is 27.6 Å². The maximum Gasteiger partial charge on any atom is 0.416 e. The molecule has 6 heteroatoms. The number of fused-ring (bicyclic) bond motifs is 1. The molecule has 0 bridgehead atoms. The summed E-state index contributed by atoms with van der Waals surface area (Å²) in [5, 5.41) is 4.31. The van der Waals surface area contributed by atoms with E-state index in [1.807, 2.05) is 0 Å². The van der Waals surface area contributed by atoms with Crippen LogP contribution in [-0.2, 0) is 6.18 Å². The second-order valence-electron chi connectivity index (χ2n) is 5.95. The zero-order valence-corrected chi connectivity index (χ0v) is 12.5. The van der Waals surface area contributed by atoms with E-state index in [2.05, 4.69) is 22.4 Å². The number of hydrogen-bond acceptors (Lipinski definition) is 3. The highest BCUT2D eigenvalue weighted by Crippen LogP contribution is 2.39. The predicted octanol–water partition coefficient (Wildman–Crippen LogP) is 3.44. The Labute approximate surface area is 128 Å². The Kier molecular flexibility index (Phi) is 4.12. The lowest BCUT2D eigenvalue weighted by Crippen LogP contribution is -2.42. The minimum atomic E-state index is -4.33. The molecule has 0 aliphatic carbocycles. The Morgan fingerprint density at radius 2 is 2.09 bits per heavy atom. The van der Waals surface area contributed by atoms with Crippen molar-refractivity contribution >= 4 is 5.71 Å². The monoisotopic (exact) mass is 311 g/mol. The summed E-state index contributed by atoms with van der Waals surface area (Å²) in [5.74, 6) is 0.0313. The molecule has 3 nitrogen and oxygen atoms in total. The molecular formula is C16H20F3N3. The number of benzene rings is 1. The van der Waals surface area contributed by atoms with Gasteiger partial charge in [0.15, 0.2) is 0 Å². The largest absolute Gasteiger partial charge is 0.416 e. The number of piperidine rings is 1. The lowest BCUT2D eigenvalue weighted by Gasteiger charge is -2.34. The quantitative estimate of drug-likeness (QED) is 0.926. The first-order valence-corrected chi connectivity index (χ1v) is 7.71. The lowest BCUT2D eigenvalue weighted by atomic mass is 9.84. The zero-order valence-electron chi connectivity index (χ0n) is 12.5. The number of nitrogens with zero attached hydrogens (tertiary/aromatic N) is 2. The van der Waals surface area contributed by atoms with Crippen LogP contribution in [0.15, 0.2) is 29.4 Å². The van der Waals surface area contributed by atoms with Crippen molar-refractivity contribution in [2.45, 2.75) is 32.0 Å². The molecule has 1 aromatic carbocycles. The standard InChI is InChI=1S/C16H20F3N3/c1-2-8-22-9-7-14-12(10-22)15(21-20-14)11-5-3-4-6-13(11)16(17,18)19/h3-6,12,15,21H,2,7-10H2,1H3. The SMILES string of the molecule is CCCN1CCC2=NNC(c3ccccc3C(F)(F)F)C2C1. The van der Waals surface area contributed by atoms with Gasteiger partial charge in [0.25, 0.3) is 0 Å². The molecule has 0 spiro atoms. The third kappa shape index (κ3) is 2.84. The van der Waals surface area contributed by atoms with Crippen molar-refractivity contribution in [1.29, 1.82) is 0 Å². The first-order valence-electron chi connectivity index (χ1n) is 7.71. The summed E-state index contributed by atoms with van der Waals surface area (Å²) in [6.45, 7) is 4.82. The van der Waals surface area contributed by atoms with Crippen molar-refractivity contribution in [2.75, 3.05) is 19.6 Å². The van der Waals surface area contributed by atoms with Crippen molar-refractivity contribution < 1.29 is 13.2 Å². The minimum Gasteiger partial charge on any atom is -0.302 e. The Hall–Kier alpha value is -1.56. The van der Waals surface area contributed by atoms with Crippen molar-refractivity contribution in [2.24, 2.45) is 11.0 Å². The molecule has 120 valence electrons. The maximum atomic E-state index is 13.2. The van der Waals surface area contributed by atoms with Crippen LogP contribution in [0.4, 0.5) is 13.2 Å². The van der Waals surface area contributed by atoms with Gasteiger partial charge in [0.1, 0.15) is 0 Å². The Morgan fingerprint density at radius 1 is 1.32 bits per heavy atom. The molecule has 0 saturated carbocycles. The predicted molar refractivity (Wildman–Crippen MR) is 79.6 cm³/mol. The smallest absolute Gasteiger partial charge is 0.302 e. The average molecular weight is 311 g/mol. The number of likely N-dealkylation sites (tertiary alicyclic amines) is 1. The van der Waals surface area contributed by atoms with E-state index in [0.29, 0.717) is 5.56 Å². The van der Waals surface area contributed by atoms with E-state index in [0.717, 1.165) is 44.3 Å². The molecule has 2 heterocycles. The van der Waals surface area contributed by atoms with E-state index in [1.54, 1.807) is 12.1 Å². The van der Waals surface area contributed by atoms with Crippen molar-refractivity contribution in [3.8, 4) is 0 Å². The van der Waals surface area contributed by atoms with Crippen LogP contribution in [0.1, 0.15) is 36.9 Å². The molecule has 2 aliphatic rings. The van der Waals surface area contributed by atoms with Crippen LogP contribution in [0.3, 0.4) is 0 Å². The van der Waals surface area contributed by atoms with Crippen molar-refractivity contribution in [1.82, 2.24) is 10.3 Å². The summed E-state index contributed by atoms with van der Waals surface area (Å²) in [7, 11) is 0. The number of rotatable bonds is 3. The van der Waals surface area contributed by atoms with Crippen molar-refractivity contribution in [3.63, 3.8) is 0 Å². The molecule has 0 aromatic heterocycles. The van der Waals surface area contributed by atoms with Crippen LogP contribution in [0.25, 0.3) is 0 Å². The molecule has 2 atom stereocenters. The molecule has 0 radical (unpaired) electrons. The number of nitrogens with one attached hydrogen (secondary N) is 1. The summed E-state index contributed by atoms with van der Waals surface area (Å²) >= 11 is 0. The van der Waals surface area contributed by atoms with E-state index in [4.69, 9.17) is 0 Å². The fourth-order valence-corrected chi connectivity index (χ4v) is 3.44. The first kappa shape index (κ1) is 15.3. The van der Waals surface area contributed by atoms with Crippen molar-refractivity contribution in [3.05, 3.63) is 35.4 Å². The third-order valence-corrected chi connectivity index (χ3v) is 4.46. The number of alkyl halides is 3. The second-order valence-corrected chi connectivity index (χ2v) is 5.95. The van der Waals surface area contributed by atoms with Gasteiger partial charge in [0, 0.05) is 31.1 Å². The van der Waals surface area contributed by atoms with Crippen LogP contribution >= 0.6 is 0 Å². The van der Waals surface area contributed by atoms with E-state index in [-0.39, 0.29) is 12.0 Å². The molecule has 1 aromatic rings. The summed E-state index contributed by atoms with van der Waals surface area (Å²) < 4.78 is 39.7. The molecule has 2 unspecified atom stereocenters. The highest BCUT2D eigenvalue weighted by molar-refractivity contribution is 5.90. The average Bonchev–Trinajstić information content (AvgIpc) is 2.90. The molecule has 2 aliphatic heterocycles. The molecule has 22 heavy (non-hydrogen) atoms. The van der Waals surface area contributed by atoms with Gasteiger partial charge in [0.05, 0.1) is 11.6 Å². The van der Waals surface area contributed by atoms with E-state index < -0.39 is 11.7 Å². The lowest BCUT2D eigenvalue weighted by molar-refractivity contribution is -0.138. The first-order chi connectivity index (χ1) is 10.5. The van der Waals surface area contributed by atoms with Gasteiger partial charge in [-0.2, -0.15) is 18.3 Å². The molecule has 1 N–H and O–H groups in total. The van der Waals surface area contributed by atoms with Gasteiger partial charge in [-0.15, -0.1) is 0 Å². The fourth-order valence-electron chi connectivity index (χ4n) is 3.44. The summed E-state index contributed by atoms with van der Waals surface area (Å²) in [5.41, 5.74) is 3.70. The maximum absolute atomic E-state index is 13.2. The Balaban J connectivity index is 1.87. The van der Waals surface area contributed by atoms with E-state index in [1.165, 1.54) is 6.07 Å². The molecule has 3 rings (SSSR count). The molecule has 1 fully saturated rings. The van der Waals surface area contributed by atoms with Crippen LogP contribution < -0.4 is 5.43 Å². The third-order valence-electron chi connectivity index (χ3n) is 4.46. The van der Waals surface area contributed by atoms with Gasteiger partial charge in [-0.05, 0) is 24.6 Å². The number of halogens is 3. The van der Waals surface area contributed by atoms with Gasteiger partial charge in [-0.3, -0.25) is 0 Å². The van der Waals surface area contributed by atoms with Gasteiger partial charge >= 0.3 is 6.18 Å². The van der Waals surface area contributed by atoms with Gasteiger partial charge < -0.3 is 10.3 Å². The highest BCUT2D eigenvalue weighted by atomic mass is 19.4. The van der Waals surface area contributed by atoms with Crippen LogP contribution in [0.5, 0.6) is 0 Å². The van der Waals surface area contributed by atoms with Gasteiger partial charge in [0.2, 0.25) is 0 Å². The van der Waals surface area contributed by atoms with Crippen LogP contribution in [0, 0.1) is 5.92 Å². The molecule has 1 saturated heterocycles. The fraction of sp³-hybridized carbons (Fsp3) is 0.562. The van der Waals surface area contributed by atoms with Crippen LogP contribution in [-0.4, -0.2) is 30.2 Å². The van der Waals surface area contributed by atoms with E-state index in [9.17, 15) is 13.2 Å². The molecular weight excluding hydrogens is 291 g/mol. The van der Waals surface area contributed by atoms with Crippen LogP contribution in [0.2, 0.25) is 0 Å².